The molecule has 0 aliphatic carbocycles. The molecule has 1 amide bonds. The van der Waals surface area contributed by atoms with Crippen LogP contribution in [-0.2, 0) is 11.3 Å². The third-order valence-corrected chi connectivity index (χ3v) is 3.72. The van der Waals surface area contributed by atoms with Gasteiger partial charge in [-0.3, -0.25) is 9.69 Å². The van der Waals surface area contributed by atoms with E-state index in [1.807, 2.05) is 30.1 Å². The van der Waals surface area contributed by atoms with Crippen molar-refractivity contribution in [2.75, 3.05) is 20.1 Å². The first-order valence-electron chi connectivity index (χ1n) is 6.75. The van der Waals surface area contributed by atoms with Crippen molar-refractivity contribution in [2.45, 2.75) is 32.4 Å². The first kappa shape index (κ1) is 13.1. The molecule has 1 unspecified atom stereocenters. The summed E-state index contributed by atoms with van der Waals surface area (Å²) in [5.74, 6) is 0.279. The molecule has 0 bridgehead atoms. The molecule has 1 saturated heterocycles. The second kappa shape index (κ2) is 6.01. The lowest BCUT2D eigenvalue weighted by Gasteiger charge is -2.27. The van der Waals surface area contributed by atoms with Crippen LogP contribution in [0.25, 0.3) is 0 Å². The molecule has 0 radical (unpaired) electrons. The van der Waals surface area contributed by atoms with Crippen LogP contribution >= 0.6 is 0 Å². The summed E-state index contributed by atoms with van der Waals surface area (Å²) in [6.45, 7) is 4.59. The van der Waals surface area contributed by atoms with E-state index in [2.05, 4.69) is 24.0 Å². The van der Waals surface area contributed by atoms with Gasteiger partial charge in [0, 0.05) is 13.1 Å². The lowest BCUT2D eigenvalue weighted by Crippen LogP contribution is -2.43. The number of hydrogen-bond acceptors (Lipinski definition) is 2. The van der Waals surface area contributed by atoms with Crippen LogP contribution in [0.5, 0.6) is 0 Å². The Bertz CT molecular complexity index is 391. The molecule has 1 heterocycles. The summed E-state index contributed by atoms with van der Waals surface area (Å²) in [5.41, 5.74) is 1.20. The molecule has 0 aromatic heterocycles. The zero-order valence-corrected chi connectivity index (χ0v) is 11.3. The van der Waals surface area contributed by atoms with Gasteiger partial charge in [-0.2, -0.15) is 0 Å². The molecule has 2 rings (SSSR count). The number of likely N-dealkylation sites (N-methyl/N-ethyl adjacent to an activating group) is 2. The fourth-order valence-electron chi connectivity index (χ4n) is 2.58. The molecule has 98 valence electrons. The van der Waals surface area contributed by atoms with Crippen LogP contribution in [-0.4, -0.2) is 41.9 Å². The number of hydrogen-bond donors (Lipinski definition) is 0. The molecule has 1 aromatic carbocycles. The number of benzene rings is 1. The Labute approximate surface area is 109 Å². The fraction of sp³-hybridized carbons (Fsp3) is 0.533. The van der Waals surface area contributed by atoms with Crippen molar-refractivity contribution in [3.63, 3.8) is 0 Å². The summed E-state index contributed by atoms with van der Waals surface area (Å²) in [5, 5.41) is 0. The van der Waals surface area contributed by atoms with Gasteiger partial charge in [-0.15, -0.1) is 0 Å². The SMILES string of the molecule is CCN(Cc1ccccc1)C(=O)C1CCCN1C. The van der Waals surface area contributed by atoms with E-state index < -0.39 is 0 Å². The van der Waals surface area contributed by atoms with E-state index in [1.165, 1.54) is 5.56 Å². The smallest absolute Gasteiger partial charge is 0.240 e. The Hall–Kier alpha value is -1.35. The van der Waals surface area contributed by atoms with Crippen LogP contribution in [0.15, 0.2) is 30.3 Å². The molecule has 1 aliphatic rings. The zero-order valence-electron chi connectivity index (χ0n) is 11.3. The lowest BCUT2D eigenvalue weighted by molar-refractivity contribution is -0.136. The maximum Gasteiger partial charge on any atom is 0.240 e. The van der Waals surface area contributed by atoms with Crippen molar-refractivity contribution in [1.29, 1.82) is 0 Å². The highest BCUT2D eigenvalue weighted by Crippen LogP contribution is 2.18. The normalized spacial score (nSPS) is 20.0. The second-order valence-corrected chi connectivity index (χ2v) is 4.98. The van der Waals surface area contributed by atoms with E-state index in [0.29, 0.717) is 0 Å². The van der Waals surface area contributed by atoms with Crippen molar-refractivity contribution in [2.24, 2.45) is 0 Å². The first-order chi connectivity index (χ1) is 8.72. The molecule has 0 saturated carbocycles. The zero-order chi connectivity index (χ0) is 13.0. The second-order valence-electron chi connectivity index (χ2n) is 4.98. The standard InChI is InChI=1S/C15H22N2O/c1-3-17(12-13-8-5-4-6-9-13)15(18)14-10-7-11-16(14)2/h4-6,8-9,14H,3,7,10-12H2,1-2H3. The van der Waals surface area contributed by atoms with Crippen molar-refractivity contribution in [1.82, 2.24) is 9.80 Å². The number of amides is 1. The molecule has 1 aromatic rings. The minimum absolute atomic E-state index is 0.0914. The highest BCUT2D eigenvalue weighted by Gasteiger charge is 2.30. The molecule has 0 N–H and O–H groups in total. The van der Waals surface area contributed by atoms with Crippen LogP contribution in [0, 0.1) is 0 Å². The molecule has 1 fully saturated rings. The van der Waals surface area contributed by atoms with Crippen molar-refractivity contribution in [3.8, 4) is 0 Å². The number of nitrogens with zero attached hydrogens (tertiary/aromatic N) is 2. The summed E-state index contributed by atoms with van der Waals surface area (Å²) in [6.07, 6.45) is 2.14. The maximum absolute atomic E-state index is 12.5. The molecule has 3 heteroatoms. The van der Waals surface area contributed by atoms with Crippen molar-refractivity contribution >= 4 is 5.91 Å². The van der Waals surface area contributed by atoms with E-state index >= 15 is 0 Å². The average Bonchev–Trinajstić information content (AvgIpc) is 2.82. The lowest BCUT2D eigenvalue weighted by atomic mass is 10.1. The highest BCUT2D eigenvalue weighted by atomic mass is 16.2. The van der Waals surface area contributed by atoms with Crippen LogP contribution in [0.3, 0.4) is 0 Å². The minimum atomic E-state index is 0.0914. The Morgan fingerprint density at radius 3 is 2.67 bits per heavy atom. The Morgan fingerprint density at radius 2 is 2.11 bits per heavy atom. The van der Waals surface area contributed by atoms with Gasteiger partial charge in [0.25, 0.3) is 0 Å². The number of carbonyl (C=O) groups excluding carboxylic acids is 1. The number of rotatable bonds is 4. The predicted octanol–water partition coefficient (Wildman–Crippen LogP) is 2.13. The van der Waals surface area contributed by atoms with Gasteiger partial charge in [-0.25, -0.2) is 0 Å². The highest BCUT2D eigenvalue weighted by molar-refractivity contribution is 5.82. The molecule has 1 aliphatic heterocycles. The van der Waals surface area contributed by atoms with Crippen LogP contribution in [0.2, 0.25) is 0 Å². The minimum Gasteiger partial charge on any atom is -0.337 e. The Kier molecular flexibility index (Phi) is 4.37. The number of carbonyl (C=O) groups is 1. The van der Waals surface area contributed by atoms with Crippen LogP contribution < -0.4 is 0 Å². The summed E-state index contributed by atoms with van der Waals surface area (Å²) in [6, 6.07) is 10.3. The van der Waals surface area contributed by atoms with Gasteiger partial charge >= 0.3 is 0 Å². The molecule has 0 spiro atoms. The summed E-state index contributed by atoms with van der Waals surface area (Å²) >= 11 is 0. The molecular formula is C15H22N2O. The Morgan fingerprint density at radius 1 is 1.39 bits per heavy atom. The van der Waals surface area contributed by atoms with E-state index in [1.54, 1.807) is 0 Å². The first-order valence-corrected chi connectivity index (χ1v) is 6.75. The average molecular weight is 246 g/mol. The maximum atomic E-state index is 12.5. The third kappa shape index (κ3) is 2.91. The van der Waals surface area contributed by atoms with E-state index in [-0.39, 0.29) is 11.9 Å². The summed E-state index contributed by atoms with van der Waals surface area (Å²) < 4.78 is 0. The van der Waals surface area contributed by atoms with Gasteiger partial charge in [0.05, 0.1) is 6.04 Å². The van der Waals surface area contributed by atoms with Gasteiger partial charge in [0.15, 0.2) is 0 Å². The van der Waals surface area contributed by atoms with Crippen molar-refractivity contribution in [3.05, 3.63) is 35.9 Å². The topological polar surface area (TPSA) is 23.6 Å². The van der Waals surface area contributed by atoms with Crippen molar-refractivity contribution < 1.29 is 4.79 Å². The molecule has 18 heavy (non-hydrogen) atoms. The summed E-state index contributed by atoms with van der Waals surface area (Å²) in [7, 11) is 2.05. The summed E-state index contributed by atoms with van der Waals surface area (Å²) in [4.78, 5) is 16.6. The molecule has 1 atom stereocenters. The van der Waals surface area contributed by atoms with Gasteiger partial charge < -0.3 is 4.90 Å². The monoisotopic (exact) mass is 246 g/mol. The number of likely N-dealkylation sites (tertiary alicyclic amines) is 1. The molecular weight excluding hydrogens is 224 g/mol. The van der Waals surface area contributed by atoms with Crippen LogP contribution in [0.1, 0.15) is 25.3 Å². The predicted molar refractivity (Wildman–Crippen MR) is 73.2 cm³/mol. The largest absolute Gasteiger partial charge is 0.337 e. The van der Waals surface area contributed by atoms with E-state index in [9.17, 15) is 4.79 Å². The molecule has 3 nitrogen and oxygen atoms in total. The van der Waals surface area contributed by atoms with E-state index in [4.69, 9.17) is 0 Å². The quantitative estimate of drug-likeness (QED) is 0.812. The third-order valence-electron chi connectivity index (χ3n) is 3.72. The van der Waals surface area contributed by atoms with Crippen LogP contribution in [0.4, 0.5) is 0 Å². The fourth-order valence-corrected chi connectivity index (χ4v) is 2.58. The van der Waals surface area contributed by atoms with Gasteiger partial charge in [0.1, 0.15) is 0 Å². The van der Waals surface area contributed by atoms with Gasteiger partial charge in [-0.05, 0) is 38.9 Å². The van der Waals surface area contributed by atoms with Gasteiger partial charge in [-0.1, -0.05) is 30.3 Å². The van der Waals surface area contributed by atoms with E-state index in [0.717, 1.165) is 32.5 Å². The van der Waals surface area contributed by atoms with Gasteiger partial charge in [0.2, 0.25) is 5.91 Å². The Balaban J connectivity index is 2.02.